The first-order chi connectivity index (χ1) is 7.39. The fourth-order valence-electron chi connectivity index (χ4n) is 1.36. The smallest absolute Gasteiger partial charge is 0.191 e. The molecule has 0 aromatic heterocycles. The van der Waals surface area contributed by atoms with Gasteiger partial charge in [-0.25, -0.2) is 0 Å². The predicted molar refractivity (Wildman–Crippen MR) is 72.9 cm³/mol. The van der Waals surface area contributed by atoms with Crippen molar-refractivity contribution in [3.8, 4) is 0 Å². The van der Waals surface area contributed by atoms with Crippen LogP contribution in [0.15, 0.2) is 4.99 Å². The first kappa shape index (κ1) is 15.3. The monoisotopic (exact) mass is 227 g/mol. The van der Waals surface area contributed by atoms with Crippen molar-refractivity contribution < 1.29 is 0 Å². The lowest BCUT2D eigenvalue weighted by molar-refractivity contribution is 0.365. The fraction of sp³-hybridized carbons (Fsp3) is 0.923. The highest BCUT2D eigenvalue weighted by atomic mass is 15.2. The number of nitrogens with zero attached hydrogens (tertiary/aromatic N) is 1. The van der Waals surface area contributed by atoms with Gasteiger partial charge in [0, 0.05) is 19.6 Å². The maximum Gasteiger partial charge on any atom is 0.191 e. The van der Waals surface area contributed by atoms with Gasteiger partial charge in [-0.2, -0.15) is 0 Å². The molecule has 3 nitrogen and oxygen atoms in total. The van der Waals surface area contributed by atoms with Gasteiger partial charge in [-0.05, 0) is 31.6 Å². The van der Waals surface area contributed by atoms with Crippen molar-refractivity contribution in [1.82, 2.24) is 10.6 Å². The zero-order valence-electron chi connectivity index (χ0n) is 11.9. The van der Waals surface area contributed by atoms with E-state index in [1.54, 1.807) is 0 Å². The molecule has 0 saturated heterocycles. The first-order valence-electron chi connectivity index (χ1n) is 6.36. The highest BCUT2D eigenvalue weighted by molar-refractivity contribution is 5.79. The van der Waals surface area contributed by atoms with Crippen molar-refractivity contribution in [3.05, 3.63) is 0 Å². The summed E-state index contributed by atoms with van der Waals surface area (Å²) in [6.07, 6.45) is 3.54. The number of nitrogens with one attached hydrogen (secondary N) is 2. The minimum atomic E-state index is 0.426. The van der Waals surface area contributed by atoms with E-state index >= 15 is 0 Å². The maximum absolute atomic E-state index is 4.20. The Morgan fingerprint density at radius 1 is 1.31 bits per heavy atom. The van der Waals surface area contributed by atoms with Gasteiger partial charge in [0.2, 0.25) is 0 Å². The van der Waals surface area contributed by atoms with Crippen molar-refractivity contribution in [2.75, 3.05) is 13.6 Å². The molecule has 0 bridgehead atoms. The summed E-state index contributed by atoms with van der Waals surface area (Å²) in [5, 5.41) is 6.70. The van der Waals surface area contributed by atoms with Gasteiger partial charge >= 0.3 is 0 Å². The highest BCUT2D eigenvalue weighted by Crippen LogP contribution is 2.19. The number of rotatable bonds is 5. The quantitative estimate of drug-likeness (QED) is 0.430. The van der Waals surface area contributed by atoms with E-state index in [-0.39, 0.29) is 0 Å². The number of hydrogen-bond donors (Lipinski definition) is 2. The molecule has 0 aliphatic carbocycles. The third-order valence-corrected chi connectivity index (χ3v) is 2.62. The highest BCUT2D eigenvalue weighted by Gasteiger charge is 2.09. The average Bonchev–Trinajstić information content (AvgIpc) is 2.20. The molecule has 0 aromatic rings. The van der Waals surface area contributed by atoms with Crippen molar-refractivity contribution in [1.29, 1.82) is 0 Å². The topological polar surface area (TPSA) is 36.4 Å². The van der Waals surface area contributed by atoms with Crippen LogP contribution in [0.25, 0.3) is 0 Å². The van der Waals surface area contributed by atoms with E-state index in [1.807, 2.05) is 7.05 Å². The van der Waals surface area contributed by atoms with Crippen LogP contribution in [0.2, 0.25) is 0 Å². The second-order valence-corrected chi connectivity index (χ2v) is 5.62. The summed E-state index contributed by atoms with van der Waals surface area (Å²) in [7, 11) is 1.82. The Morgan fingerprint density at radius 2 is 1.94 bits per heavy atom. The van der Waals surface area contributed by atoms with Gasteiger partial charge < -0.3 is 10.6 Å². The summed E-state index contributed by atoms with van der Waals surface area (Å²) in [5.41, 5.74) is 0.426. The molecule has 0 amide bonds. The average molecular weight is 227 g/mol. The Bertz CT molecular complexity index is 204. The molecule has 16 heavy (non-hydrogen) atoms. The summed E-state index contributed by atoms with van der Waals surface area (Å²) in [6, 6.07) is 0.480. The predicted octanol–water partition coefficient (Wildman–Crippen LogP) is 2.78. The van der Waals surface area contributed by atoms with Gasteiger partial charge in [0.05, 0.1) is 0 Å². The van der Waals surface area contributed by atoms with Crippen molar-refractivity contribution in [2.24, 2.45) is 10.4 Å². The van der Waals surface area contributed by atoms with E-state index in [0.717, 1.165) is 18.9 Å². The molecule has 96 valence electrons. The summed E-state index contributed by atoms with van der Waals surface area (Å²) >= 11 is 0. The molecular formula is C13H29N3. The molecule has 0 aliphatic rings. The van der Waals surface area contributed by atoms with Gasteiger partial charge in [0.15, 0.2) is 5.96 Å². The Hall–Kier alpha value is -0.730. The van der Waals surface area contributed by atoms with Crippen molar-refractivity contribution in [2.45, 2.75) is 59.9 Å². The maximum atomic E-state index is 4.20. The molecule has 3 heteroatoms. The molecular weight excluding hydrogens is 198 g/mol. The second-order valence-electron chi connectivity index (χ2n) is 5.62. The molecule has 1 unspecified atom stereocenters. The van der Waals surface area contributed by atoms with E-state index in [4.69, 9.17) is 0 Å². The zero-order chi connectivity index (χ0) is 12.6. The van der Waals surface area contributed by atoms with Crippen LogP contribution >= 0.6 is 0 Å². The van der Waals surface area contributed by atoms with E-state index in [0.29, 0.717) is 11.5 Å². The zero-order valence-corrected chi connectivity index (χ0v) is 11.9. The lowest BCUT2D eigenvalue weighted by atomic mass is 9.91. The van der Waals surface area contributed by atoms with E-state index in [9.17, 15) is 0 Å². The number of guanidine groups is 1. The Kier molecular flexibility index (Phi) is 7.18. The summed E-state index contributed by atoms with van der Waals surface area (Å²) in [4.78, 5) is 4.20. The normalized spacial score (nSPS) is 14.8. The van der Waals surface area contributed by atoms with E-state index in [1.165, 1.54) is 12.8 Å². The van der Waals surface area contributed by atoms with Crippen molar-refractivity contribution >= 4 is 5.96 Å². The molecule has 0 heterocycles. The molecule has 0 saturated carbocycles. The largest absolute Gasteiger partial charge is 0.356 e. The SMILES string of the molecule is CCC(C)NC(=NC)NCCCC(C)(C)C. The van der Waals surface area contributed by atoms with Crippen LogP contribution in [0.5, 0.6) is 0 Å². The van der Waals surface area contributed by atoms with Crippen LogP contribution in [0.3, 0.4) is 0 Å². The van der Waals surface area contributed by atoms with E-state index < -0.39 is 0 Å². The molecule has 2 N–H and O–H groups in total. The van der Waals surface area contributed by atoms with Crippen LogP contribution in [0, 0.1) is 5.41 Å². The minimum Gasteiger partial charge on any atom is -0.356 e. The molecule has 1 atom stereocenters. The van der Waals surface area contributed by atoms with Crippen LogP contribution in [0.4, 0.5) is 0 Å². The van der Waals surface area contributed by atoms with Gasteiger partial charge in [0.25, 0.3) is 0 Å². The Labute approximate surface area is 101 Å². The molecule has 0 aromatic carbocycles. The molecule has 0 rings (SSSR count). The molecule has 0 spiro atoms. The molecule has 0 fully saturated rings. The molecule has 0 radical (unpaired) electrons. The van der Waals surface area contributed by atoms with Crippen LogP contribution in [-0.4, -0.2) is 25.6 Å². The van der Waals surface area contributed by atoms with E-state index in [2.05, 4.69) is 50.2 Å². The second kappa shape index (κ2) is 7.53. The van der Waals surface area contributed by atoms with Gasteiger partial charge in [-0.3, -0.25) is 4.99 Å². The number of hydrogen-bond acceptors (Lipinski definition) is 1. The Morgan fingerprint density at radius 3 is 2.38 bits per heavy atom. The first-order valence-corrected chi connectivity index (χ1v) is 6.36. The lowest BCUT2D eigenvalue weighted by Gasteiger charge is -2.19. The third kappa shape index (κ3) is 8.57. The fourth-order valence-corrected chi connectivity index (χ4v) is 1.36. The summed E-state index contributed by atoms with van der Waals surface area (Å²) < 4.78 is 0. The van der Waals surface area contributed by atoms with Crippen molar-refractivity contribution in [3.63, 3.8) is 0 Å². The van der Waals surface area contributed by atoms with Gasteiger partial charge in [0.1, 0.15) is 0 Å². The van der Waals surface area contributed by atoms with Crippen LogP contribution in [-0.2, 0) is 0 Å². The Balaban J connectivity index is 3.73. The van der Waals surface area contributed by atoms with Gasteiger partial charge in [-0.15, -0.1) is 0 Å². The lowest BCUT2D eigenvalue weighted by Crippen LogP contribution is -2.42. The molecule has 0 aliphatic heterocycles. The summed E-state index contributed by atoms with van der Waals surface area (Å²) in [5.74, 6) is 0.920. The van der Waals surface area contributed by atoms with Crippen LogP contribution < -0.4 is 10.6 Å². The van der Waals surface area contributed by atoms with Crippen LogP contribution in [0.1, 0.15) is 53.9 Å². The minimum absolute atomic E-state index is 0.426. The van der Waals surface area contributed by atoms with Gasteiger partial charge in [-0.1, -0.05) is 27.7 Å². The standard InChI is InChI=1S/C13H29N3/c1-7-11(2)16-12(14-6)15-10-8-9-13(3,4)5/h11H,7-10H2,1-6H3,(H2,14,15,16). The third-order valence-electron chi connectivity index (χ3n) is 2.62. The number of aliphatic imine (C=N–C) groups is 1. The summed E-state index contributed by atoms with van der Waals surface area (Å²) in [6.45, 7) is 12.2.